The van der Waals surface area contributed by atoms with Crippen LogP contribution < -0.4 is 26.6 Å². The van der Waals surface area contributed by atoms with Crippen molar-refractivity contribution >= 4 is 23.1 Å². The van der Waals surface area contributed by atoms with Crippen molar-refractivity contribution in [3.63, 3.8) is 0 Å². The summed E-state index contributed by atoms with van der Waals surface area (Å²) in [5, 5.41) is 29.1. The van der Waals surface area contributed by atoms with E-state index in [4.69, 9.17) is 0 Å². The molecule has 236 valence electrons. The molecule has 0 amide bonds. The smallest absolute Gasteiger partial charge is 0.852 e. The van der Waals surface area contributed by atoms with E-state index in [-0.39, 0.29) is 34.2 Å². The Bertz CT molecular complexity index is 1570. The van der Waals surface area contributed by atoms with Crippen LogP contribution in [0.5, 0.6) is 0 Å². The summed E-state index contributed by atoms with van der Waals surface area (Å²) >= 11 is 0. The number of aromatic nitrogens is 3. The number of hydrogen-bond donors (Lipinski definition) is 0. The van der Waals surface area contributed by atoms with Gasteiger partial charge in [0.2, 0.25) is 6.71 Å². The molecular weight excluding hydrogens is 736 g/mol. The normalized spacial score (nSPS) is 12.0. The minimum Gasteiger partial charge on any atom is -0.852 e. The first-order valence-electron chi connectivity index (χ1n) is 15.4. The molecule has 4 aromatic carbocycles. The molecule has 0 aliphatic rings. The standard InChI is InChI=1S/C33H34BN3.C5H10O2.Pt/c1-22-16-24(3)32(25(4)17-22)34(33-26(5)18-23(2)19-27(33)6)30-14-12-29(13-15-30)31-21-37(36-35-31)20-28-10-8-7-9-11-28;1-4(6)3-5(2)7;/h7-19,21H,20H2,1-6H3;4-5H,3H2,1-2H3;/q;-2;+2. The SMILES string of the molecule is CC([O-])CC(C)[O-].Cc1cc(C)c(B(c2ccc(-c3cn(Cc4ccccc4)nn3)cc2)c2c(C)cc(C)cc2C)c(C)c1.[Pt+2]. The molecule has 0 aliphatic heterocycles. The van der Waals surface area contributed by atoms with E-state index in [2.05, 4.69) is 125 Å². The average Bonchev–Trinajstić information content (AvgIpc) is 3.40. The van der Waals surface area contributed by atoms with Crippen LogP contribution in [-0.2, 0) is 27.6 Å². The fraction of sp³-hybridized carbons (Fsp3) is 0.316. The van der Waals surface area contributed by atoms with Crippen molar-refractivity contribution in [1.29, 1.82) is 0 Å². The van der Waals surface area contributed by atoms with Gasteiger partial charge in [-0.2, -0.15) is 0 Å². The van der Waals surface area contributed by atoms with Gasteiger partial charge < -0.3 is 10.2 Å². The Hall–Kier alpha value is -3.31. The maximum Gasteiger partial charge on any atom is 2.00 e. The second-order valence-electron chi connectivity index (χ2n) is 12.3. The summed E-state index contributed by atoms with van der Waals surface area (Å²) in [6.07, 6.45) is 0.905. The zero-order chi connectivity index (χ0) is 32.0. The van der Waals surface area contributed by atoms with Crippen LogP contribution in [0.2, 0.25) is 0 Å². The van der Waals surface area contributed by atoms with Crippen molar-refractivity contribution in [2.45, 2.75) is 80.6 Å². The maximum absolute atomic E-state index is 10.1. The van der Waals surface area contributed by atoms with Gasteiger partial charge in [0, 0.05) is 5.56 Å². The second-order valence-corrected chi connectivity index (χ2v) is 12.3. The van der Waals surface area contributed by atoms with Crippen LogP contribution in [0.3, 0.4) is 0 Å². The van der Waals surface area contributed by atoms with Gasteiger partial charge in [0.05, 0.1) is 12.7 Å². The predicted molar refractivity (Wildman–Crippen MR) is 181 cm³/mol. The largest absolute Gasteiger partial charge is 2.00 e. The third-order valence-corrected chi connectivity index (χ3v) is 7.98. The molecule has 5 aromatic rings. The Labute approximate surface area is 284 Å². The molecule has 1 heterocycles. The Balaban J connectivity index is 0.000000621. The zero-order valence-corrected chi connectivity index (χ0v) is 30.0. The molecule has 0 spiro atoms. The third kappa shape index (κ3) is 9.59. The van der Waals surface area contributed by atoms with E-state index in [1.165, 1.54) is 69.2 Å². The van der Waals surface area contributed by atoms with Crippen LogP contribution >= 0.6 is 0 Å². The number of rotatable bonds is 8. The summed E-state index contributed by atoms with van der Waals surface area (Å²) in [5.41, 5.74) is 15.3. The van der Waals surface area contributed by atoms with Gasteiger partial charge in [0.1, 0.15) is 5.69 Å². The number of hydrogen-bond acceptors (Lipinski definition) is 4. The Kier molecular flexibility index (Phi) is 13.1. The van der Waals surface area contributed by atoms with Gasteiger partial charge in [-0.25, -0.2) is 4.68 Å². The van der Waals surface area contributed by atoms with Crippen molar-refractivity contribution in [2.24, 2.45) is 0 Å². The number of nitrogens with zero attached hydrogens (tertiary/aromatic N) is 3. The molecule has 45 heavy (non-hydrogen) atoms. The van der Waals surface area contributed by atoms with Gasteiger partial charge in [-0.3, -0.25) is 0 Å². The van der Waals surface area contributed by atoms with Crippen molar-refractivity contribution in [3.05, 3.63) is 124 Å². The average molecular weight is 781 g/mol. The Morgan fingerprint density at radius 3 is 1.58 bits per heavy atom. The molecule has 5 nitrogen and oxygen atoms in total. The maximum atomic E-state index is 10.1. The minimum atomic E-state index is -0.688. The van der Waals surface area contributed by atoms with E-state index in [9.17, 15) is 10.2 Å². The van der Waals surface area contributed by atoms with E-state index in [1.807, 2.05) is 16.9 Å². The van der Waals surface area contributed by atoms with Gasteiger partial charge in [-0.05, 0) is 47.1 Å². The molecule has 7 heteroatoms. The zero-order valence-electron chi connectivity index (χ0n) is 27.7. The van der Waals surface area contributed by atoms with E-state index in [1.54, 1.807) is 0 Å². The summed E-state index contributed by atoms with van der Waals surface area (Å²) in [5.74, 6) is 0. The van der Waals surface area contributed by atoms with Gasteiger partial charge in [-0.1, -0.05) is 154 Å². The first kappa shape index (κ1) is 36.2. The molecule has 0 fully saturated rings. The predicted octanol–water partition coefficient (Wildman–Crippen LogP) is 4.23. The van der Waals surface area contributed by atoms with Crippen LogP contribution in [0, 0.1) is 41.5 Å². The third-order valence-electron chi connectivity index (χ3n) is 7.98. The summed E-state index contributed by atoms with van der Waals surface area (Å²) in [6, 6.07) is 28.5. The molecule has 5 rings (SSSR count). The number of benzene rings is 4. The van der Waals surface area contributed by atoms with E-state index in [0.717, 1.165) is 11.3 Å². The van der Waals surface area contributed by atoms with Gasteiger partial charge >= 0.3 is 21.1 Å². The minimum absolute atomic E-state index is 0. The summed E-state index contributed by atoms with van der Waals surface area (Å²) in [4.78, 5) is 0. The molecular formula is C38H44BN3O2Pt. The molecule has 0 radical (unpaired) electrons. The van der Waals surface area contributed by atoms with E-state index in [0.29, 0.717) is 6.54 Å². The molecule has 2 atom stereocenters. The molecule has 0 N–H and O–H groups in total. The van der Waals surface area contributed by atoms with Crippen LogP contribution in [0.25, 0.3) is 11.3 Å². The van der Waals surface area contributed by atoms with Crippen LogP contribution in [-0.4, -0.2) is 33.9 Å². The molecule has 0 saturated heterocycles. The van der Waals surface area contributed by atoms with Crippen LogP contribution in [0.1, 0.15) is 59.2 Å². The fourth-order valence-corrected chi connectivity index (χ4v) is 6.36. The summed E-state index contributed by atoms with van der Waals surface area (Å²) < 4.78 is 1.90. The van der Waals surface area contributed by atoms with E-state index >= 15 is 0 Å². The Morgan fingerprint density at radius 1 is 0.689 bits per heavy atom. The molecule has 0 bridgehead atoms. The summed E-state index contributed by atoms with van der Waals surface area (Å²) in [7, 11) is 0. The fourth-order valence-electron chi connectivity index (χ4n) is 6.36. The van der Waals surface area contributed by atoms with Crippen molar-refractivity contribution in [2.75, 3.05) is 0 Å². The van der Waals surface area contributed by atoms with Crippen LogP contribution in [0.4, 0.5) is 0 Å². The summed E-state index contributed by atoms with van der Waals surface area (Å²) in [6.45, 7) is 17.3. The quantitative estimate of drug-likeness (QED) is 0.221. The second kappa shape index (κ2) is 16.3. The molecule has 1 aromatic heterocycles. The van der Waals surface area contributed by atoms with Gasteiger partial charge in [-0.15, -0.1) is 17.3 Å². The first-order chi connectivity index (χ1) is 20.9. The van der Waals surface area contributed by atoms with Crippen LogP contribution in [0.15, 0.2) is 85.1 Å². The van der Waals surface area contributed by atoms with Gasteiger partial charge in [0.25, 0.3) is 0 Å². The Morgan fingerprint density at radius 2 is 1.16 bits per heavy atom. The molecule has 0 aliphatic carbocycles. The monoisotopic (exact) mass is 780 g/mol. The molecule has 0 saturated carbocycles. The number of aryl methyl sites for hydroxylation is 6. The van der Waals surface area contributed by atoms with E-state index < -0.39 is 12.2 Å². The van der Waals surface area contributed by atoms with Gasteiger partial charge in [0.15, 0.2) is 0 Å². The first-order valence-corrected chi connectivity index (χ1v) is 15.4. The van der Waals surface area contributed by atoms with Crippen molar-refractivity contribution in [1.82, 2.24) is 15.0 Å². The van der Waals surface area contributed by atoms with Crippen molar-refractivity contribution < 1.29 is 31.3 Å². The topological polar surface area (TPSA) is 76.8 Å². The van der Waals surface area contributed by atoms with Crippen molar-refractivity contribution in [3.8, 4) is 11.3 Å². The molecule has 2 unspecified atom stereocenters.